The molecule has 0 aliphatic rings. The van der Waals surface area contributed by atoms with E-state index in [-0.39, 0.29) is 0 Å². The van der Waals surface area contributed by atoms with E-state index in [0.29, 0.717) is 0 Å². The van der Waals surface area contributed by atoms with Crippen molar-refractivity contribution in [2.24, 2.45) is 0 Å². The van der Waals surface area contributed by atoms with Gasteiger partial charge >= 0.3 is 0 Å². The Hall–Kier alpha value is -5.86. The molecule has 4 N–H and O–H groups in total. The summed E-state index contributed by atoms with van der Waals surface area (Å²) in [5.74, 6) is 0. The summed E-state index contributed by atoms with van der Waals surface area (Å²) in [6.45, 7) is 0. The van der Waals surface area contributed by atoms with Crippen molar-refractivity contribution in [3.05, 3.63) is 170 Å². The van der Waals surface area contributed by atoms with Crippen LogP contribution in [0.25, 0.3) is 66.8 Å². The van der Waals surface area contributed by atoms with Gasteiger partial charge in [0.25, 0.3) is 0 Å². The average molecular weight is 565 g/mol. The van der Waals surface area contributed by atoms with E-state index in [1.807, 2.05) is 24.3 Å². The Morgan fingerprint density at radius 2 is 0.455 bits per heavy atom. The third kappa shape index (κ3) is 5.14. The second kappa shape index (κ2) is 11.8. The molecule has 0 heterocycles. The van der Waals surface area contributed by atoms with Crippen LogP contribution >= 0.6 is 0 Å². The van der Waals surface area contributed by atoms with E-state index >= 15 is 0 Å². The molecule has 0 aliphatic carbocycles. The fourth-order valence-corrected chi connectivity index (χ4v) is 6.03. The monoisotopic (exact) mass is 564 g/mol. The summed E-state index contributed by atoms with van der Waals surface area (Å²) in [6.07, 6.45) is 0. The van der Waals surface area contributed by atoms with E-state index < -0.39 is 0 Å². The highest BCUT2D eigenvalue weighted by Crippen LogP contribution is 2.44. The SMILES string of the molecule is Nc1c(-c2ccccc2)cc(-c2ccccc2-c2cc(-c3ccccc3)c(N)c(-c3ccccc3)c2)cc1-c1ccccc1. The van der Waals surface area contributed by atoms with Crippen LogP contribution < -0.4 is 11.5 Å². The van der Waals surface area contributed by atoms with Gasteiger partial charge < -0.3 is 11.5 Å². The Morgan fingerprint density at radius 1 is 0.227 bits per heavy atom. The highest BCUT2D eigenvalue weighted by Gasteiger charge is 2.18. The third-order valence-corrected chi connectivity index (χ3v) is 8.25. The predicted molar refractivity (Wildman–Crippen MR) is 188 cm³/mol. The molecule has 0 radical (unpaired) electrons. The summed E-state index contributed by atoms with van der Waals surface area (Å²) in [6, 6.07) is 59.1. The molecule has 44 heavy (non-hydrogen) atoms. The number of hydrogen-bond donors (Lipinski definition) is 2. The van der Waals surface area contributed by atoms with Crippen molar-refractivity contribution < 1.29 is 0 Å². The Bertz CT molecular complexity index is 1780. The zero-order chi connectivity index (χ0) is 29.9. The summed E-state index contributed by atoms with van der Waals surface area (Å²) in [7, 11) is 0. The Balaban J connectivity index is 1.48. The number of benzene rings is 7. The lowest BCUT2D eigenvalue weighted by Gasteiger charge is -2.19. The van der Waals surface area contributed by atoms with E-state index in [9.17, 15) is 0 Å². The summed E-state index contributed by atoms with van der Waals surface area (Å²) >= 11 is 0. The number of hydrogen-bond acceptors (Lipinski definition) is 2. The van der Waals surface area contributed by atoms with Gasteiger partial charge in [0.1, 0.15) is 0 Å². The summed E-state index contributed by atoms with van der Waals surface area (Å²) in [5.41, 5.74) is 28.3. The number of nitrogen functional groups attached to an aromatic ring is 2. The van der Waals surface area contributed by atoms with Gasteiger partial charge in [-0.15, -0.1) is 0 Å². The Morgan fingerprint density at radius 3 is 0.705 bits per heavy atom. The first-order chi connectivity index (χ1) is 21.7. The molecule has 0 spiro atoms. The first-order valence-corrected chi connectivity index (χ1v) is 14.9. The predicted octanol–water partition coefficient (Wildman–Crippen LogP) is 10.9. The van der Waals surface area contributed by atoms with Crippen molar-refractivity contribution in [2.75, 3.05) is 11.5 Å². The molecule has 2 nitrogen and oxygen atoms in total. The number of rotatable bonds is 6. The van der Waals surface area contributed by atoms with E-state index in [2.05, 4.69) is 146 Å². The largest absolute Gasteiger partial charge is 0.398 e. The van der Waals surface area contributed by atoms with Crippen molar-refractivity contribution >= 4 is 11.4 Å². The lowest BCUT2D eigenvalue weighted by molar-refractivity contribution is 1.54. The first-order valence-electron chi connectivity index (χ1n) is 14.9. The first kappa shape index (κ1) is 27.0. The molecule has 0 aliphatic heterocycles. The minimum absolute atomic E-state index is 0.772. The maximum atomic E-state index is 6.91. The van der Waals surface area contributed by atoms with E-state index in [1.165, 1.54) is 0 Å². The molecule has 0 saturated carbocycles. The fourth-order valence-electron chi connectivity index (χ4n) is 6.03. The minimum atomic E-state index is 0.772. The van der Waals surface area contributed by atoms with Gasteiger partial charge in [0.2, 0.25) is 0 Å². The number of anilines is 2. The Kier molecular flexibility index (Phi) is 7.24. The maximum absolute atomic E-state index is 6.91. The zero-order valence-electron chi connectivity index (χ0n) is 24.3. The van der Waals surface area contributed by atoms with Crippen LogP contribution in [0.4, 0.5) is 11.4 Å². The van der Waals surface area contributed by atoms with Crippen LogP contribution in [0.15, 0.2) is 170 Å². The molecule has 2 heteroatoms. The molecule has 0 saturated heterocycles. The smallest absolute Gasteiger partial charge is 0.0473 e. The standard InChI is InChI=1S/C42H32N2/c43-41-37(29-15-5-1-6-16-29)25-33(26-38(41)30-17-7-2-8-18-30)35-23-13-14-24-36(35)34-27-39(31-19-9-3-10-20-31)42(44)40(28-34)32-21-11-4-12-22-32/h1-28H,43-44H2. The molecule has 7 rings (SSSR count). The molecule has 0 bridgehead atoms. The van der Waals surface area contributed by atoms with Crippen LogP contribution in [0, 0.1) is 0 Å². The van der Waals surface area contributed by atoms with Gasteiger partial charge in [-0.2, -0.15) is 0 Å². The molecule has 0 aromatic heterocycles. The topological polar surface area (TPSA) is 52.0 Å². The highest BCUT2D eigenvalue weighted by atomic mass is 14.6. The second-order valence-corrected chi connectivity index (χ2v) is 11.0. The van der Waals surface area contributed by atoms with Crippen LogP contribution in [0.5, 0.6) is 0 Å². The molecular weight excluding hydrogens is 532 g/mol. The van der Waals surface area contributed by atoms with Gasteiger partial charge in [-0.1, -0.05) is 146 Å². The van der Waals surface area contributed by atoms with Crippen LogP contribution in [0.2, 0.25) is 0 Å². The molecular formula is C42H32N2. The lowest BCUT2D eigenvalue weighted by Crippen LogP contribution is -1.98. The molecule has 7 aromatic rings. The summed E-state index contributed by atoms with van der Waals surface area (Å²) in [5, 5.41) is 0. The van der Waals surface area contributed by atoms with Crippen molar-refractivity contribution in [2.45, 2.75) is 0 Å². The van der Waals surface area contributed by atoms with Crippen LogP contribution in [0.3, 0.4) is 0 Å². The molecule has 7 aromatic carbocycles. The molecule has 0 unspecified atom stereocenters. The van der Waals surface area contributed by atoms with Gasteiger partial charge in [-0.25, -0.2) is 0 Å². The van der Waals surface area contributed by atoms with Gasteiger partial charge in [0.05, 0.1) is 0 Å². The van der Waals surface area contributed by atoms with Crippen molar-refractivity contribution in [3.8, 4) is 66.8 Å². The minimum Gasteiger partial charge on any atom is -0.398 e. The third-order valence-electron chi connectivity index (χ3n) is 8.25. The van der Waals surface area contributed by atoms with Gasteiger partial charge in [-0.05, 0) is 68.8 Å². The molecule has 0 fully saturated rings. The van der Waals surface area contributed by atoms with E-state index in [4.69, 9.17) is 11.5 Å². The number of nitrogens with two attached hydrogens (primary N) is 2. The maximum Gasteiger partial charge on any atom is 0.0473 e. The highest BCUT2D eigenvalue weighted by molar-refractivity contribution is 5.98. The molecule has 0 atom stereocenters. The Labute approximate surface area is 258 Å². The van der Waals surface area contributed by atoms with Crippen LogP contribution in [0.1, 0.15) is 0 Å². The van der Waals surface area contributed by atoms with Gasteiger partial charge in [-0.3, -0.25) is 0 Å². The summed E-state index contributed by atoms with van der Waals surface area (Å²) in [4.78, 5) is 0. The van der Waals surface area contributed by atoms with Crippen LogP contribution in [-0.2, 0) is 0 Å². The van der Waals surface area contributed by atoms with E-state index in [1.54, 1.807) is 0 Å². The van der Waals surface area contributed by atoms with Crippen molar-refractivity contribution in [1.82, 2.24) is 0 Å². The molecule has 0 amide bonds. The van der Waals surface area contributed by atoms with Crippen molar-refractivity contribution in [1.29, 1.82) is 0 Å². The second-order valence-electron chi connectivity index (χ2n) is 11.0. The van der Waals surface area contributed by atoms with E-state index in [0.717, 1.165) is 78.1 Å². The normalized spacial score (nSPS) is 10.9. The van der Waals surface area contributed by atoms with Crippen LogP contribution in [-0.4, -0.2) is 0 Å². The fraction of sp³-hybridized carbons (Fsp3) is 0. The zero-order valence-corrected chi connectivity index (χ0v) is 24.3. The quantitative estimate of drug-likeness (QED) is 0.197. The molecule has 210 valence electrons. The average Bonchev–Trinajstić information content (AvgIpc) is 3.10. The summed E-state index contributed by atoms with van der Waals surface area (Å²) < 4.78 is 0. The van der Waals surface area contributed by atoms with Crippen molar-refractivity contribution in [3.63, 3.8) is 0 Å². The van der Waals surface area contributed by atoms with Gasteiger partial charge in [0, 0.05) is 33.6 Å². The van der Waals surface area contributed by atoms with Gasteiger partial charge in [0.15, 0.2) is 0 Å². The lowest BCUT2D eigenvalue weighted by atomic mass is 9.86.